The zero-order valence-corrected chi connectivity index (χ0v) is 10.7. The summed E-state index contributed by atoms with van der Waals surface area (Å²) < 4.78 is 11.8. The summed E-state index contributed by atoms with van der Waals surface area (Å²) in [5, 5.41) is 4.03. The molecule has 0 unspecified atom stereocenters. The van der Waals surface area contributed by atoms with E-state index in [0.717, 1.165) is 0 Å². The molecule has 0 amide bonds. The number of carbonyl (C=O) groups excluding carboxylic acids is 1. The van der Waals surface area contributed by atoms with Gasteiger partial charge in [-0.3, -0.25) is 0 Å². The highest BCUT2D eigenvalue weighted by atomic mass is 16.5. The first-order valence-corrected chi connectivity index (χ1v) is 6.06. The van der Waals surface area contributed by atoms with Crippen molar-refractivity contribution in [1.29, 1.82) is 0 Å². The van der Waals surface area contributed by atoms with E-state index in [4.69, 9.17) is 14.9 Å². The summed E-state index contributed by atoms with van der Waals surface area (Å²) in [5.74, 6) is -0.436. The Bertz CT molecular complexity index is 775. The van der Waals surface area contributed by atoms with Crippen LogP contribution < -0.4 is 5.73 Å². The maximum Gasteiger partial charge on any atom is 0.341 e. The van der Waals surface area contributed by atoms with Crippen molar-refractivity contribution in [3.05, 3.63) is 36.2 Å². The van der Waals surface area contributed by atoms with Gasteiger partial charge >= 0.3 is 12.0 Å². The van der Waals surface area contributed by atoms with E-state index in [1.807, 2.05) is 0 Å². The van der Waals surface area contributed by atoms with Crippen molar-refractivity contribution in [1.82, 2.24) is 14.8 Å². The topological polar surface area (TPSA) is 96.2 Å². The summed E-state index contributed by atoms with van der Waals surface area (Å²) in [6, 6.07) is 5.52. The molecule has 2 heterocycles. The van der Waals surface area contributed by atoms with E-state index in [2.05, 4.69) is 10.1 Å². The van der Waals surface area contributed by atoms with Gasteiger partial charge < -0.3 is 14.9 Å². The maximum absolute atomic E-state index is 11.6. The van der Waals surface area contributed by atoms with E-state index in [1.54, 1.807) is 25.1 Å². The quantitative estimate of drug-likeness (QED) is 0.576. The van der Waals surface area contributed by atoms with Crippen LogP contribution in [0.15, 0.2) is 35.0 Å². The number of fused-ring (bicyclic) bond motifs is 1. The van der Waals surface area contributed by atoms with Crippen LogP contribution in [0, 0.1) is 0 Å². The van der Waals surface area contributed by atoms with E-state index in [1.165, 1.54) is 17.1 Å². The Morgan fingerprint density at radius 1 is 1.50 bits per heavy atom. The van der Waals surface area contributed by atoms with Crippen LogP contribution in [0.1, 0.15) is 17.3 Å². The summed E-state index contributed by atoms with van der Waals surface area (Å²) in [6.07, 6.45) is 2.90. The van der Waals surface area contributed by atoms with Gasteiger partial charge in [-0.05, 0) is 19.1 Å². The Morgan fingerprint density at radius 2 is 2.35 bits per heavy atom. The standard InChI is InChI=1S/C13H12N4O3/c1-2-19-12(18)8-6-15-17(7-8)13-16-11-9(14)4-3-5-10(11)20-13/h3-7H,2,14H2,1H3. The number of oxazole rings is 1. The third-order valence-electron chi connectivity index (χ3n) is 2.73. The SMILES string of the molecule is CCOC(=O)c1cnn(-c2nc3c(N)cccc3o2)c1. The molecule has 3 aromatic rings. The second kappa shape index (κ2) is 4.69. The summed E-state index contributed by atoms with van der Waals surface area (Å²) in [5.41, 5.74) is 7.80. The molecule has 0 atom stereocenters. The number of benzene rings is 1. The van der Waals surface area contributed by atoms with Crippen LogP contribution in [0.4, 0.5) is 5.69 Å². The zero-order chi connectivity index (χ0) is 14.1. The fourth-order valence-corrected chi connectivity index (χ4v) is 1.80. The molecule has 0 radical (unpaired) electrons. The van der Waals surface area contributed by atoms with Gasteiger partial charge in [-0.2, -0.15) is 14.8 Å². The maximum atomic E-state index is 11.6. The summed E-state index contributed by atoms with van der Waals surface area (Å²) in [6.45, 7) is 2.05. The Labute approximate surface area is 114 Å². The number of rotatable bonds is 3. The Kier molecular flexibility index (Phi) is 2.86. The highest BCUT2D eigenvalue weighted by Gasteiger charge is 2.14. The molecule has 2 aromatic heterocycles. The Hall–Kier alpha value is -2.83. The van der Waals surface area contributed by atoms with E-state index in [-0.39, 0.29) is 6.01 Å². The van der Waals surface area contributed by atoms with Crippen LogP contribution >= 0.6 is 0 Å². The van der Waals surface area contributed by atoms with Crippen molar-refractivity contribution in [2.24, 2.45) is 0 Å². The number of ether oxygens (including phenoxy) is 1. The number of nitrogens with zero attached hydrogens (tertiary/aromatic N) is 3. The summed E-state index contributed by atoms with van der Waals surface area (Å²) in [4.78, 5) is 15.8. The lowest BCUT2D eigenvalue weighted by atomic mass is 10.3. The van der Waals surface area contributed by atoms with Gasteiger partial charge in [-0.15, -0.1) is 0 Å². The Balaban J connectivity index is 1.99. The molecule has 0 aliphatic rings. The monoisotopic (exact) mass is 272 g/mol. The molecule has 102 valence electrons. The number of hydrogen-bond acceptors (Lipinski definition) is 6. The zero-order valence-electron chi connectivity index (χ0n) is 10.7. The van der Waals surface area contributed by atoms with Crippen LogP contribution in [-0.4, -0.2) is 27.3 Å². The van der Waals surface area contributed by atoms with Crippen molar-refractivity contribution in [2.45, 2.75) is 6.92 Å². The van der Waals surface area contributed by atoms with Crippen LogP contribution in [0.25, 0.3) is 17.1 Å². The predicted octanol–water partition coefficient (Wildman–Crippen LogP) is 1.77. The number of carbonyl (C=O) groups is 1. The van der Waals surface area contributed by atoms with Crippen molar-refractivity contribution >= 4 is 22.8 Å². The number of esters is 1. The largest absolute Gasteiger partial charge is 0.462 e. The molecule has 0 aliphatic heterocycles. The molecule has 1 aromatic carbocycles. The summed E-state index contributed by atoms with van der Waals surface area (Å²) >= 11 is 0. The van der Waals surface area contributed by atoms with Gasteiger partial charge in [0, 0.05) is 0 Å². The average Bonchev–Trinajstić information content (AvgIpc) is 3.06. The van der Waals surface area contributed by atoms with E-state index >= 15 is 0 Å². The van der Waals surface area contributed by atoms with Gasteiger partial charge in [-0.25, -0.2) is 4.79 Å². The number of nitrogens with two attached hydrogens (primary N) is 1. The van der Waals surface area contributed by atoms with Crippen molar-refractivity contribution < 1.29 is 13.9 Å². The molecule has 7 nitrogen and oxygen atoms in total. The van der Waals surface area contributed by atoms with Gasteiger partial charge in [0.2, 0.25) is 0 Å². The van der Waals surface area contributed by atoms with Gasteiger partial charge in [0.15, 0.2) is 5.58 Å². The third kappa shape index (κ3) is 1.99. The molecule has 0 aliphatic carbocycles. The second-order valence-electron chi connectivity index (χ2n) is 4.08. The highest BCUT2D eigenvalue weighted by molar-refractivity contribution is 5.89. The van der Waals surface area contributed by atoms with Crippen LogP contribution in [0.5, 0.6) is 0 Å². The Morgan fingerprint density at radius 3 is 3.10 bits per heavy atom. The molecule has 0 saturated carbocycles. The predicted molar refractivity (Wildman–Crippen MR) is 71.5 cm³/mol. The molecule has 3 rings (SSSR count). The fraction of sp³-hybridized carbons (Fsp3) is 0.154. The number of aromatic nitrogens is 3. The lowest BCUT2D eigenvalue weighted by Gasteiger charge is -1.96. The van der Waals surface area contributed by atoms with Gasteiger partial charge in [0.05, 0.1) is 30.3 Å². The normalized spacial score (nSPS) is 10.8. The van der Waals surface area contributed by atoms with Crippen molar-refractivity contribution in [2.75, 3.05) is 12.3 Å². The third-order valence-corrected chi connectivity index (χ3v) is 2.73. The highest BCUT2D eigenvalue weighted by Crippen LogP contribution is 2.22. The van der Waals surface area contributed by atoms with Crippen molar-refractivity contribution in [3.63, 3.8) is 0 Å². The fourth-order valence-electron chi connectivity index (χ4n) is 1.80. The average molecular weight is 272 g/mol. The molecular weight excluding hydrogens is 260 g/mol. The minimum atomic E-state index is -0.436. The lowest BCUT2D eigenvalue weighted by molar-refractivity contribution is 0.0526. The number of anilines is 1. The molecule has 0 saturated heterocycles. The number of hydrogen-bond donors (Lipinski definition) is 1. The van der Waals surface area contributed by atoms with Gasteiger partial charge in [0.1, 0.15) is 5.52 Å². The molecule has 0 fully saturated rings. The smallest absolute Gasteiger partial charge is 0.341 e. The number of nitrogen functional groups attached to an aromatic ring is 1. The van der Waals surface area contributed by atoms with Crippen LogP contribution in [-0.2, 0) is 4.74 Å². The minimum Gasteiger partial charge on any atom is -0.462 e. The molecule has 20 heavy (non-hydrogen) atoms. The first kappa shape index (κ1) is 12.2. The first-order chi connectivity index (χ1) is 9.69. The molecule has 0 spiro atoms. The molecule has 2 N–H and O–H groups in total. The van der Waals surface area contributed by atoms with E-state index < -0.39 is 5.97 Å². The minimum absolute atomic E-state index is 0.244. The molecule has 0 bridgehead atoms. The van der Waals surface area contributed by atoms with Crippen LogP contribution in [0.3, 0.4) is 0 Å². The second-order valence-corrected chi connectivity index (χ2v) is 4.08. The summed E-state index contributed by atoms with van der Waals surface area (Å²) in [7, 11) is 0. The van der Waals surface area contributed by atoms with Gasteiger partial charge in [0.25, 0.3) is 0 Å². The molecule has 7 heteroatoms. The van der Waals surface area contributed by atoms with Crippen molar-refractivity contribution in [3.8, 4) is 6.01 Å². The van der Waals surface area contributed by atoms with Gasteiger partial charge in [-0.1, -0.05) is 6.07 Å². The molecular formula is C13H12N4O3. The first-order valence-electron chi connectivity index (χ1n) is 6.06. The van der Waals surface area contributed by atoms with Crippen LogP contribution in [0.2, 0.25) is 0 Å². The number of para-hydroxylation sites is 1. The van der Waals surface area contributed by atoms with E-state index in [0.29, 0.717) is 29.0 Å². The van der Waals surface area contributed by atoms with E-state index in [9.17, 15) is 4.79 Å². The lowest BCUT2D eigenvalue weighted by Crippen LogP contribution is -2.03.